The molecule has 20 heavy (non-hydrogen) atoms. The maximum atomic E-state index is 13.8. The van der Waals surface area contributed by atoms with E-state index in [1.54, 1.807) is 18.2 Å². The van der Waals surface area contributed by atoms with Gasteiger partial charge in [-0.25, -0.2) is 4.39 Å². The van der Waals surface area contributed by atoms with Crippen LogP contribution < -0.4 is 10.5 Å². The smallest absolute Gasteiger partial charge is 0.341 e. The lowest BCUT2D eigenvalue weighted by Gasteiger charge is -2.06. The van der Waals surface area contributed by atoms with Crippen LogP contribution in [0.25, 0.3) is 11.0 Å². The van der Waals surface area contributed by atoms with Crippen LogP contribution in [0.4, 0.5) is 4.39 Å². The Labute approximate surface area is 114 Å². The van der Waals surface area contributed by atoms with E-state index in [0.717, 1.165) is 0 Å². The first kappa shape index (κ1) is 12.4. The molecule has 3 aromatic rings. The van der Waals surface area contributed by atoms with Crippen LogP contribution in [-0.2, 0) is 6.54 Å². The normalized spacial score (nSPS) is 10.7. The number of nitrogens with zero attached hydrogens (tertiary/aromatic N) is 3. The molecule has 0 bridgehead atoms. The number of halogens is 1. The van der Waals surface area contributed by atoms with Gasteiger partial charge in [0.05, 0.1) is 5.52 Å². The number of para-hydroxylation sites is 1. The molecule has 0 atom stereocenters. The standard InChI is InChI=1S/C14H11FN4O/c15-10-7-9(8-16)5-6-13(10)20-14-17-11-3-1-2-4-12(11)18-19-14/h1-7H,8,16H2. The SMILES string of the molecule is NCc1ccc(Oc2nnc3ccccc3n2)c(F)c1. The molecular formula is C14H11FN4O. The van der Waals surface area contributed by atoms with Gasteiger partial charge in [-0.3, -0.25) is 0 Å². The summed E-state index contributed by atoms with van der Waals surface area (Å²) >= 11 is 0. The molecule has 0 unspecified atom stereocenters. The highest BCUT2D eigenvalue weighted by Crippen LogP contribution is 2.23. The van der Waals surface area contributed by atoms with Gasteiger partial charge in [0.15, 0.2) is 11.6 Å². The van der Waals surface area contributed by atoms with Crippen molar-refractivity contribution in [2.24, 2.45) is 5.73 Å². The lowest BCUT2D eigenvalue weighted by molar-refractivity contribution is 0.407. The zero-order valence-electron chi connectivity index (χ0n) is 10.5. The van der Waals surface area contributed by atoms with Gasteiger partial charge in [-0.15, -0.1) is 5.10 Å². The molecule has 0 saturated heterocycles. The molecule has 0 aliphatic heterocycles. The minimum atomic E-state index is -0.510. The molecule has 6 heteroatoms. The van der Waals surface area contributed by atoms with Crippen LogP contribution in [0.2, 0.25) is 0 Å². The van der Waals surface area contributed by atoms with Crippen LogP contribution in [0, 0.1) is 5.82 Å². The monoisotopic (exact) mass is 270 g/mol. The van der Waals surface area contributed by atoms with Crippen LogP contribution in [0.1, 0.15) is 5.56 Å². The van der Waals surface area contributed by atoms with Gasteiger partial charge < -0.3 is 10.5 Å². The van der Waals surface area contributed by atoms with E-state index in [-0.39, 0.29) is 18.3 Å². The second-order valence-electron chi connectivity index (χ2n) is 4.15. The van der Waals surface area contributed by atoms with Crippen molar-refractivity contribution in [3.05, 3.63) is 53.8 Å². The summed E-state index contributed by atoms with van der Waals surface area (Å²) in [5.74, 6) is -0.469. The van der Waals surface area contributed by atoms with E-state index in [1.807, 2.05) is 12.1 Å². The molecule has 0 radical (unpaired) electrons. The third-order valence-electron chi connectivity index (χ3n) is 2.77. The third kappa shape index (κ3) is 2.41. The lowest BCUT2D eigenvalue weighted by Crippen LogP contribution is -1.99. The largest absolute Gasteiger partial charge is 0.420 e. The van der Waals surface area contributed by atoms with E-state index in [1.165, 1.54) is 12.1 Å². The van der Waals surface area contributed by atoms with Crippen LogP contribution in [0.3, 0.4) is 0 Å². The Morgan fingerprint density at radius 3 is 2.60 bits per heavy atom. The Morgan fingerprint density at radius 1 is 1.05 bits per heavy atom. The molecule has 2 N–H and O–H groups in total. The molecule has 1 heterocycles. The summed E-state index contributed by atoms with van der Waals surface area (Å²) in [7, 11) is 0. The van der Waals surface area contributed by atoms with Gasteiger partial charge in [-0.05, 0) is 29.8 Å². The molecule has 0 saturated carbocycles. The number of benzene rings is 2. The first-order chi connectivity index (χ1) is 9.76. The van der Waals surface area contributed by atoms with E-state index in [4.69, 9.17) is 10.5 Å². The second-order valence-corrected chi connectivity index (χ2v) is 4.15. The molecule has 0 amide bonds. The first-order valence-corrected chi connectivity index (χ1v) is 6.02. The highest BCUT2D eigenvalue weighted by atomic mass is 19.1. The van der Waals surface area contributed by atoms with E-state index < -0.39 is 5.82 Å². The average Bonchev–Trinajstić information content (AvgIpc) is 2.49. The Kier molecular flexibility index (Phi) is 3.22. The van der Waals surface area contributed by atoms with Crippen molar-refractivity contribution in [2.75, 3.05) is 0 Å². The Hall–Kier alpha value is -2.60. The topological polar surface area (TPSA) is 73.9 Å². The van der Waals surface area contributed by atoms with Crippen molar-refractivity contribution in [3.63, 3.8) is 0 Å². The highest BCUT2D eigenvalue weighted by molar-refractivity contribution is 5.73. The van der Waals surface area contributed by atoms with Crippen molar-refractivity contribution < 1.29 is 9.13 Å². The van der Waals surface area contributed by atoms with Crippen LogP contribution in [0.5, 0.6) is 11.8 Å². The summed E-state index contributed by atoms with van der Waals surface area (Å²) in [6.45, 7) is 0.269. The van der Waals surface area contributed by atoms with Crippen LogP contribution in [-0.4, -0.2) is 15.2 Å². The maximum absolute atomic E-state index is 13.8. The maximum Gasteiger partial charge on any atom is 0.341 e. The molecule has 5 nitrogen and oxygen atoms in total. The summed E-state index contributed by atoms with van der Waals surface area (Å²) in [5.41, 5.74) is 7.42. The number of aromatic nitrogens is 3. The van der Waals surface area contributed by atoms with Crippen molar-refractivity contribution in [2.45, 2.75) is 6.54 Å². The fraction of sp³-hybridized carbons (Fsp3) is 0.0714. The number of rotatable bonds is 3. The summed E-state index contributed by atoms with van der Waals surface area (Å²) in [6, 6.07) is 11.7. The lowest BCUT2D eigenvalue weighted by atomic mass is 10.2. The highest BCUT2D eigenvalue weighted by Gasteiger charge is 2.08. The fourth-order valence-electron chi connectivity index (χ4n) is 1.76. The van der Waals surface area contributed by atoms with Gasteiger partial charge in [0.2, 0.25) is 0 Å². The summed E-state index contributed by atoms with van der Waals surface area (Å²) in [6.07, 6.45) is 0. The Balaban J connectivity index is 1.92. The molecule has 0 fully saturated rings. The first-order valence-electron chi connectivity index (χ1n) is 6.02. The van der Waals surface area contributed by atoms with E-state index >= 15 is 0 Å². The van der Waals surface area contributed by atoms with E-state index in [0.29, 0.717) is 16.6 Å². The predicted octanol–water partition coefficient (Wildman–Crippen LogP) is 2.41. The van der Waals surface area contributed by atoms with E-state index in [2.05, 4.69) is 15.2 Å². The molecular weight excluding hydrogens is 259 g/mol. The Bertz CT molecular complexity index is 763. The zero-order valence-corrected chi connectivity index (χ0v) is 10.5. The Morgan fingerprint density at radius 2 is 1.85 bits per heavy atom. The van der Waals surface area contributed by atoms with Gasteiger partial charge >= 0.3 is 6.01 Å². The number of fused-ring (bicyclic) bond motifs is 1. The zero-order chi connectivity index (χ0) is 13.9. The molecule has 3 rings (SSSR count). The van der Waals surface area contributed by atoms with Crippen molar-refractivity contribution in [3.8, 4) is 11.8 Å². The number of hydrogen-bond acceptors (Lipinski definition) is 5. The molecule has 1 aromatic heterocycles. The summed E-state index contributed by atoms with van der Waals surface area (Å²) < 4.78 is 19.1. The van der Waals surface area contributed by atoms with Gasteiger partial charge in [0, 0.05) is 6.54 Å². The van der Waals surface area contributed by atoms with E-state index in [9.17, 15) is 4.39 Å². The van der Waals surface area contributed by atoms with Gasteiger partial charge in [-0.2, -0.15) is 4.98 Å². The molecule has 0 aliphatic carbocycles. The molecule has 0 aliphatic rings. The summed E-state index contributed by atoms with van der Waals surface area (Å²) in [5, 5.41) is 7.77. The van der Waals surface area contributed by atoms with Gasteiger partial charge in [-0.1, -0.05) is 23.3 Å². The van der Waals surface area contributed by atoms with Crippen molar-refractivity contribution in [1.82, 2.24) is 15.2 Å². The molecule has 2 aromatic carbocycles. The average molecular weight is 270 g/mol. The number of nitrogens with two attached hydrogens (primary N) is 1. The van der Waals surface area contributed by atoms with Crippen molar-refractivity contribution >= 4 is 11.0 Å². The molecule has 0 spiro atoms. The summed E-state index contributed by atoms with van der Waals surface area (Å²) in [4.78, 5) is 4.17. The molecule has 100 valence electrons. The van der Waals surface area contributed by atoms with Crippen LogP contribution in [0.15, 0.2) is 42.5 Å². The van der Waals surface area contributed by atoms with Crippen molar-refractivity contribution in [1.29, 1.82) is 0 Å². The quantitative estimate of drug-likeness (QED) is 0.791. The minimum absolute atomic E-state index is 0.00287. The predicted molar refractivity (Wildman–Crippen MR) is 71.7 cm³/mol. The fourth-order valence-corrected chi connectivity index (χ4v) is 1.76. The van der Waals surface area contributed by atoms with Gasteiger partial charge in [0.1, 0.15) is 5.52 Å². The second kappa shape index (κ2) is 5.18. The van der Waals surface area contributed by atoms with Crippen LogP contribution >= 0.6 is 0 Å². The minimum Gasteiger partial charge on any atom is -0.420 e. The third-order valence-corrected chi connectivity index (χ3v) is 2.77. The number of ether oxygens (including phenoxy) is 1. The number of hydrogen-bond donors (Lipinski definition) is 1. The van der Waals surface area contributed by atoms with Gasteiger partial charge in [0.25, 0.3) is 0 Å².